The van der Waals surface area contributed by atoms with Crippen LogP contribution in [0.1, 0.15) is 26.7 Å². The molecule has 2 aromatic heterocycles. The Bertz CT molecular complexity index is 516. The van der Waals surface area contributed by atoms with Crippen LogP contribution in [0.15, 0.2) is 15.1 Å². The molecular formula is C10H10BrIN2O. The topological polar surface area (TPSA) is 38.9 Å². The molecule has 2 heterocycles. The molecule has 0 aliphatic rings. The van der Waals surface area contributed by atoms with Gasteiger partial charge in [-0.15, -0.1) is 0 Å². The summed E-state index contributed by atoms with van der Waals surface area (Å²) in [7, 11) is 0. The Hall–Kier alpha value is -0.170. The molecule has 0 unspecified atom stereocenters. The normalized spacial score (nSPS) is 12.3. The predicted molar refractivity (Wildman–Crippen MR) is 70.9 cm³/mol. The van der Waals surface area contributed by atoms with E-state index in [0.717, 1.165) is 25.3 Å². The zero-order valence-electron chi connectivity index (χ0n) is 8.64. The van der Waals surface area contributed by atoms with E-state index >= 15 is 0 Å². The number of fused-ring (bicyclic) bond motifs is 1. The average Bonchev–Trinajstić information content (AvgIpc) is 2.46. The minimum Gasteiger partial charge on any atom is -0.440 e. The first-order valence-electron chi connectivity index (χ1n) is 4.51. The summed E-state index contributed by atoms with van der Waals surface area (Å²) in [5.74, 6) is 0.738. The fraction of sp³-hybridized carbons (Fsp3) is 0.400. The third-order valence-corrected chi connectivity index (χ3v) is 3.05. The Labute approximate surface area is 110 Å². The van der Waals surface area contributed by atoms with Gasteiger partial charge in [0, 0.05) is 11.5 Å². The lowest BCUT2D eigenvalue weighted by atomic mass is 9.97. The number of halogens is 2. The maximum absolute atomic E-state index is 5.71. The standard InChI is InChI=1S/C10H10BrIN2O/c1-10(2,3)9-14-7-5(15-9)4-6(12)13-8(7)11/h4H,1-3H3. The van der Waals surface area contributed by atoms with Gasteiger partial charge in [-0.2, -0.15) is 0 Å². The van der Waals surface area contributed by atoms with Gasteiger partial charge in [0.1, 0.15) is 13.8 Å². The highest BCUT2D eigenvalue weighted by molar-refractivity contribution is 14.1. The Morgan fingerprint density at radius 3 is 2.60 bits per heavy atom. The minimum atomic E-state index is -0.0795. The molecule has 5 heteroatoms. The second-order valence-electron chi connectivity index (χ2n) is 4.35. The number of hydrogen-bond acceptors (Lipinski definition) is 3. The van der Waals surface area contributed by atoms with Crippen LogP contribution in [0.25, 0.3) is 11.1 Å². The molecule has 0 spiro atoms. The van der Waals surface area contributed by atoms with E-state index < -0.39 is 0 Å². The van der Waals surface area contributed by atoms with Gasteiger partial charge in [-0.3, -0.25) is 0 Å². The SMILES string of the molecule is CC(C)(C)c1nc2c(Br)nc(I)cc2o1. The van der Waals surface area contributed by atoms with Crippen molar-refractivity contribution >= 4 is 49.6 Å². The lowest BCUT2D eigenvalue weighted by Crippen LogP contribution is -2.10. The molecule has 0 saturated carbocycles. The summed E-state index contributed by atoms with van der Waals surface area (Å²) >= 11 is 5.54. The number of pyridine rings is 1. The predicted octanol–water partition coefficient (Wildman–Crippen LogP) is 3.89. The number of oxazole rings is 1. The molecule has 0 bridgehead atoms. The van der Waals surface area contributed by atoms with E-state index in [1.54, 1.807) is 0 Å². The lowest BCUT2D eigenvalue weighted by molar-refractivity contribution is 0.411. The Kier molecular flexibility index (Phi) is 2.79. The summed E-state index contributed by atoms with van der Waals surface area (Å²) in [4.78, 5) is 8.72. The van der Waals surface area contributed by atoms with E-state index in [1.807, 2.05) is 6.07 Å². The smallest absolute Gasteiger partial charge is 0.200 e. The summed E-state index contributed by atoms with van der Waals surface area (Å²) in [6.07, 6.45) is 0. The summed E-state index contributed by atoms with van der Waals surface area (Å²) in [5, 5.41) is 0. The van der Waals surface area contributed by atoms with Crippen molar-refractivity contribution in [2.45, 2.75) is 26.2 Å². The summed E-state index contributed by atoms with van der Waals surface area (Å²) < 4.78 is 7.34. The zero-order chi connectivity index (χ0) is 11.2. The Morgan fingerprint density at radius 2 is 2.00 bits per heavy atom. The first kappa shape index (κ1) is 11.3. The van der Waals surface area contributed by atoms with E-state index in [0.29, 0.717) is 0 Å². The van der Waals surface area contributed by atoms with E-state index in [4.69, 9.17) is 4.42 Å². The second kappa shape index (κ2) is 3.69. The van der Waals surface area contributed by atoms with Gasteiger partial charge in [-0.25, -0.2) is 9.97 Å². The van der Waals surface area contributed by atoms with Gasteiger partial charge in [0.25, 0.3) is 0 Å². The molecule has 0 aromatic carbocycles. The van der Waals surface area contributed by atoms with Gasteiger partial charge >= 0.3 is 0 Å². The molecule has 80 valence electrons. The molecule has 0 fully saturated rings. The van der Waals surface area contributed by atoms with Crippen LogP contribution in [0.3, 0.4) is 0 Å². The van der Waals surface area contributed by atoms with Crippen molar-refractivity contribution in [1.29, 1.82) is 0 Å². The maximum Gasteiger partial charge on any atom is 0.200 e. The van der Waals surface area contributed by atoms with Crippen molar-refractivity contribution in [2.75, 3.05) is 0 Å². The number of hydrogen-bond donors (Lipinski definition) is 0. The molecule has 2 rings (SSSR count). The summed E-state index contributed by atoms with van der Waals surface area (Å²) in [6, 6.07) is 1.89. The number of rotatable bonds is 0. The Morgan fingerprint density at radius 1 is 1.33 bits per heavy atom. The number of aromatic nitrogens is 2. The third kappa shape index (κ3) is 2.18. The van der Waals surface area contributed by atoms with Crippen LogP contribution in [-0.2, 0) is 5.41 Å². The molecule has 0 aliphatic heterocycles. The zero-order valence-corrected chi connectivity index (χ0v) is 12.4. The van der Waals surface area contributed by atoms with E-state index in [-0.39, 0.29) is 5.41 Å². The molecule has 0 amide bonds. The van der Waals surface area contributed by atoms with E-state index in [2.05, 4.69) is 69.3 Å². The maximum atomic E-state index is 5.71. The molecule has 0 radical (unpaired) electrons. The van der Waals surface area contributed by atoms with Crippen molar-refractivity contribution < 1.29 is 4.42 Å². The largest absolute Gasteiger partial charge is 0.440 e. The molecule has 2 aromatic rings. The molecule has 0 saturated heterocycles. The molecule has 3 nitrogen and oxygen atoms in total. The fourth-order valence-corrected chi connectivity index (χ4v) is 2.52. The molecule has 15 heavy (non-hydrogen) atoms. The summed E-state index contributed by atoms with van der Waals surface area (Å²) in [6.45, 7) is 6.22. The Balaban J connectivity index is 2.71. The van der Waals surface area contributed by atoms with Crippen LogP contribution in [0.2, 0.25) is 0 Å². The third-order valence-electron chi connectivity index (χ3n) is 1.95. The fourth-order valence-electron chi connectivity index (χ4n) is 1.19. The van der Waals surface area contributed by atoms with E-state index in [1.165, 1.54) is 0 Å². The van der Waals surface area contributed by atoms with Crippen LogP contribution in [-0.4, -0.2) is 9.97 Å². The van der Waals surface area contributed by atoms with Gasteiger partial charge in [-0.05, 0) is 38.5 Å². The highest BCUT2D eigenvalue weighted by Gasteiger charge is 2.22. The van der Waals surface area contributed by atoms with Gasteiger partial charge in [0.05, 0.1) is 0 Å². The van der Waals surface area contributed by atoms with Crippen LogP contribution in [0, 0.1) is 3.70 Å². The quantitative estimate of drug-likeness (QED) is 0.514. The van der Waals surface area contributed by atoms with Gasteiger partial charge in [-0.1, -0.05) is 20.8 Å². The number of nitrogens with zero attached hydrogens (tertiary/aromatic N) is 2. The summed E-state index contributed by atoms with van der Waals surface area (Å²) in [5.41, 5.74) is 1.50. The highest BCUT2D eigenvalue weighted by atomic mass is 127. The first-order valence-corrected chi connectivity index (χ1v) is 6.38. The van der Waals surface area contributed by atoms with Crippen molar-refractivity contribution in [3.8, 4) is 0 Å². The average molecular weight is 381 g/mol. The molecule has 0 atom stereocenters. The van der Waals surface area contributed by atoms with Gasteiger partial charge < -0.3 is 4.42 Å². The minimum absolute atomic E-state index is 0.0795. The van der Waals surface area contributed by atoms with Gasteiger partial charge in [0.15, 0.2) is 5.58 Å². The van der Waals surface area contributed by atoms with Crippen molar-refractivity contribution in [3.63, 3.8) is 0 Å². The van der Waals surface area contributed by atoms with Crippen molar-refractivity contribution in [1.82, 2.24) is 9.97 Å². The monoisotopic (exact) mass is 380 g/mol. The van der Waals surface area contributed by atoms with Gasteiger partial charge in [0.2, 0.25) is 5.89 Å². The van der Waals surface area contributed by atoms with Crippen LogP contribution >= 0.6 is 38.5 Å². The molecular weight excluding hydrogens is 371 g/mol. The van der Waals surface area contributed by atoms with Crippen LogP contribution in [0.4, 0.5) is 0 Å². The highest BCUT2D eigenvalue weighted by Crippen LogP contribution is 2.29. The lowest BCUT2D eigenvalue weighted by Gasteiger charge is -2.11. The molecule has 0 aliphatic carbocycles. The van der Waals surface area contributed by atoms with Crippen LogP contribution in [0.5, 0.6) is 0 Å². The van der Waals surface area contributed by atoms with E-state index in [9.17, 15) is 0 Å². The van der Waals surface area contributed by atoms with Crippen LogP contribution < -0.4 is 0 Å². The molecule has 0 N–H and O–H groups in total. The van der Waals surface area contributed by atoms with Crippen molar-refractivity contribution in [3.05, 3.63) is 20.3 Å². The first-order chi connectivity index (χ1) is 6.88. The second-order valence-corrected chi connectivity index (χ2v) is 6.21. The van der Waals surface area contributed by atoms with Crippen molar-refractivity contribution in [2.24, 2.45) is 0 Å².